The first kappa shape index (κ1) is 24.5. The van der Waals surface area contributed by atoms with E-state index in [4.69, 9.17) is 4.74 Å². The van der Waals surface area contributed by atoms with Gasteiger partial charge in [-0.15, -0.1) is 0 Å². The van der Waals surface area contributed by atoms with Crippen LogP contribution in [0, 0.1) is 23.2 Å². The number of esters is 1. The summed E-state index contributed by atoms with van der Waals surface area (Å²) in [5.74, 6) is -2.01. The third kappa shape index (κ3) is 7.44. The summed E-state index contributed by atoms with van der Waals surface area (Å²) in [6.45, 7) is 4.90. The number of nitriles is 1. The Bertz CT molecular complexity index is 654. The van der Waals surface area contributed by atoms with Gasteiger partial charge in [-0.25, -0.2) is 4.79 Å². The van der Waals surface area contributed by atoms with Crippen LogP contribution in [0.3, 0.4) is 0 Å². The summed E-state index contributed by atoms with van der Waals surface area (Å²) in [6.07, 6.45) is -6.46. The lowest BCUT2D eigenvalue weighted by Crippen LogP contribution is -2.52. The van der Waals surface area contributed by atoms with Gasteiger partial charge in [-0.1, -0.05) is 13.8 Å². The Hall–Kier alpha value is -2.51. The van der Waals surface area contributed by atoms with E-state index in [1.807, 2.05) is 6.07 Å². The van der Waals surface area contributed by atoms with E-state index >= 15 is 0 Å². The molecule has 1 aliphatic heterocycles. The molecule has 1 rings (SSSR count). The number of nitrogens with zero attached hydrogens (tertiary/aromatic N) is 2. The molecule has 2 amide bonds. The van der Waals surface area contributed by atoms with E-state index in [1.54, 1.807) is 20.8 Å². The van der Waals surface area contributed by atoms with Crippen molar-refractivity contribution in [1.82, 2.24) is 10.2 Å². The molecule has 0 aromatic heterocycles. The van der Waals surface area contributed by atoms with E-state index in [9.17, 15) is 32.8 Å². The second-order valence-corrected chi connectivity index (χ2v) is 7.47. The SMILES string of the molecule is CC(OC(=O)C1CCN(C(=O)OCC(F)(F)F)CC1)C(=O)NC(C)(C#N)C(C)C. The summed E-state index contributed by atoms with van der Waals surface area (Å²) < 4.78 is 45.6. The number of halogens is 3. The summed E-state index contributed by atoms with van der Waals surface area (Å²) in [5, 5.41) is 11.8. The molecule has 0 aliphatic carbocycles. The summed E-state index contributed by atoms with van der Waals surface area (Å²) in [4.78, 5) is 37.2. The summed E-state index contributed by atoms with van der Waals surface area (Å²) in [5.41, 5.74) is -1.11. The quantitative estimate of drug-likeness (QED) is 0.660. The first-order valence-electron chi connectivity index (χ1n) is 9.21. The zero-order valence-electron chi connectivity index (χ0n) is 16.8. The number of ether oxygens (including phenoxy) is 2. The Morgan fingerprint density at radius 2 is 1.76 bits per heavy atom. The highest BCUT2D eigenvalue weighted by Gasteiger charge is 2.35. The predicted octanol–water partition coefficient (Wildman–Crippen LogP) is 2.38. The molecular formula is C18H26F3N3O5. The van der Waals surface area contributed by atoms with Gasteiger partial charge >= 0.3 is 18.2 Å². The van der Waals surface area contributed by atoms with E-state index in [-0.39, 0.29) is 31.8 Å². The molecule has 164 valence electrons. The molecule has 0 aromatic carbocycles. The van der Waals surface area contributed by atoms with Gasteiger partial charge in [0.2, 0.25) is 0 Å². The number of likely N-dealkylation sites (tertiary alicyclic amines) is 1. The number of hydrogen-bond acceptors (Lipinski definition) is 6. The Balaban J connectivity index is 2.49. The first-order chi connectivity index (χ1) is 13.3. The molecule has 0 aromatic rings. The second-order valence-electron chi connectivity index (χ2n) is 7.47. The van der Waals surface area contributed by atoms with Crippen molar-refractivity contribution in [3.05, 3.63) is 0 Å². The maximum atomic E-state index is 12.3. The van der Waals surface area contributed by atoms with Crippen molar-refractivity contribution in [3.63, 3.8) is 0 Å². The highest BCUT2D eigenvalue weighted by molar-refractivity contribution is 5.84. The Labute approximate surface area is 167 Å². The van der Waals surface area contributed by atoms with Crippen LogP contribution in [-0.2, 0) is 19.1 Å². The molecule has 0 saturated carbocycles. The Morgan fingerprint density at radius 3 is 2.21 bits per heavy atom. The van der Waals surface area contributed by atoms with Crippen LogP contribution in [0.5, 0.6) is 0 Å². The van der Waals surface area contributed by atoms with Gasteiger partial charge < -0.3 is 19.7 Å². The molecule has 1 fully saturated rings. The van der Waals surface area contributed by atoms with Gasteiger partial charge in [-0.05, 0) is 32.6 Å². The first-order valence-corrected chi connectivity index (χ1v) is 9.21. The molecule has 1 heterocycles. The van der Waals surface area contributed by atoms with Crippen molar-refractivity contribution in [3.8, 4) is 6.07 Å². The summed E-state index contributed by atoms with van der Waals surface area (Å²) >= 11 is 0. The number of hydrogen-bond donors (Lipinski definition) is 1. The molecule has 0 bridgehead atoms. The molecule has 2 atom stereocenters. The number of alkyl halides is 3. The van der Waals surface area contributed by atoms with Gasteiger partial charge in [0.15, 0.2) is 12.7 Å². The fraction of sp³-hybridized carbons (Fsp3) is 0.778. The third-order valence-electron chi connectivity index (χ3n) is 4.88. The lowest BCUT2D eigenvalue weighted by atomic mass is 9.90. The van der Waals surface area contributed by atoms with Crippen LogP contribution in [0.25, 0.3) is 0 Å². The molecule has 1 aliphatic rings. The molecule has 2 unspecified atom stereocenters. The highest BCUT2D eigenvalue weighted by Crippen LogP contribution is 2.22. The molecule has 8 nitrogen and oxygen atoms in total. The number of nitrogens with one attached hydrogen (secondary N) is 1. The van der Waals surface area contributed by atoms with Crippen LogP contribution in [0.2, 0.25) is 0 Å². The van der Waals surface area contributed by atoms with Crippen LogP contribution in [0.4, 0.5) is 18.0 Å². The van der Waals surface area contributed by atoms with Gasteiger partial charge in [0, 0.05) is 13.1 Å². The Morgan fingerprint density at radius 1 is 1.21 bits per heavy atom. The summed E-state index contributed by atoms with van der Waals surface area (Å²) in [7, 11) is 0. The molecule has 0 spiro atoms. The maximum Gasteiger partial charge on any atom is 0.422 e. The number of carbonyl (C=O) groups is 3. The zero-order valence-corrected chi connectivity index (χ0v) is 16.8. The molecular weight excluding hydrogens is 395 g/mol. The number of rotatable bonds is 6. The highest BCUT2D eigenvalue weighted by atomic mass is 19.4. The van der Waals surface area contributed by atoms with Crippen molar-refractivity contribution < 1.29 is 37.0 Å². The van der Waals surface area contributed by atoms with Crippen LogP contribution in [0.15, 0.2) is 0 Å². The monoisotopic (exact) mass is 421 g/mol. The largest absolute Gasteiger partial charge is 0.452 e. The number of piperidine rings is 1. The van der Waals surface area contributed by atoms with E-state index in [0.717, 1.165) is 4.90 Å². The van der Waals surface area contributed by atoms with Gasteiger partial charge in [0.25, 0.3) is 5.91 Å². The Kier molecular flexibility index (Phi) is 8.29. The van der Waals surface area contributed by atoms with Crippen molar-refractivity contribution in [2.75, 3.05) is 19.7 Å². The van der Waals surface area contributed by atoms with Gasteiger partial charge in [0.05, 0.1) is 12.0 Å². The molecule has 0 radical (unpaired) electrons. The average molecular weight is 421 g/mol. The van der Waals surface area contributed by atoms with Gasteiger partial charge in [0.1, 0.15) is 5.54 Å². The molecule has 29 heavy (non-hydrogen) atoms. The standard InChI is InChI=1S/C18H26F3N3O5/c1-11(2)17(4,9-22)23-14(25)12(3)29-15(26)13-5-7-24(8-6-13)16(27)28-10-18(19,20)21/h11-13H,5-8,10H2,1-4H3,(H,23,25). The minimum atomic E-state index is -4.61. The fourth-order valence-corrected chi connectivity index (χ4v) is 2.52. The van der Waals surface area contributed by atoms with Gasteiger partial charge in [-0.3, -0.25) is 9.59 Å². The molecule has 11 heteroatoms. The average Bonchev–Trinajstić information content (AvgIpc) is 2.65. The summed E-state index contributed by atoms with van der Waals surface area (Å²) in [6, 6.07) is 2.02. The van der Waals surface area contributed by atoms with E-state index in [1.165, 1.54) is 6.92 Å². The number of amides is 2. The predicted molar refractivity (Wildman–Crippen MR) is 94.3 cm³/mol. The maximum absolute atomic E-state index is 12.3. The lowest BCUT2D eigenvalue weighted by Gasteiger charge is -2.31. The molecule has 1 N–H and O–H groups in total. The minimum Gasteiger partial charge on any atom is -0.452 e. The smallest absolute Gasteiger partial charge is 0.422 e. The minimum absolute atomic E-state index is 0.0386. The van der Waals surface area contributed by atoms with Gasteiger partial charge in [-0.2, -0.15) is 18.4 Å². The van der Waals surface area contributed by atoms with Crippen molar-refractivity contribution in [2.24, 2.45) is 11.8 Å². The third-order valence-corrected chi connectivity index (χ3v) is 4.88. The van der Waals surface area contributed by atoms with Crippen LogP contribution in [0.1, 0.15) is 40.5 Å². The second kappa shape index (κ2) is 9.80. The topological polar surface area (TPSA) is 109 Å². The van der Waals surface area contributed by atoms with Crippen molar-refractivity contribution in [2.45, 2.75) is 58.4 Å². The van der Waals surface area contributed by atoms with Crippen molar-refractivity contribution >= 4 is 18.0 Å². The van der Waals surface area contributed by atoms with E-state index in [2.05, 4.69) is 10.1 Å². The lowest BCUT2D eigenvalue weighted by molar-refractivity contribution is -0.163. The zero-order chi connectivity index (χ0) is 22.4. The normalized spacial score (nSPS) is 18.4. The number of carbonyl (C=O) groups excluding carboxylic acids is 3. The van der Waals surface area contributed by atoms with Crippen LogP contribution < -0.4 is 5.32 Å². The van der Waals surface area contributed by atoms with E-state index < -0.39 is 48.3 Å². The van der Waals surface area contributed by atoms with Crippen LogP contribution in [-0.4, -0.2) is 60.4 Å². The van der Waals surface area contributed by atoms with Crippen LogP contribution >= 0.6 is 0 Å². The van der Waals surface area contributed by atoms with Crippen molar-refractivity contribution in [1.29, 1.82) is 5.26 Å². The molecule has 1 saturated heterocycles. The fourth-order valence-electron chi connectivity index (χ4n) is 2.52. The van der Waals surface area contributed by atoms with E-state index in [0.29, 0.717) is 0 Å².